The van der Waals surface area contributed by atoms with Gasteiger partial charge in [-0.1, -0.05) is 12.2 Å². The third-order valence-corrected chi connectivity index (χ3v) is 0.823. The van der Waals surface area contributed by atoms with Crippen LogP contribution >= 0.6 is 0 Å². The molecule has 3 heteroatoms. The van der Waals surface area contributed by atoms with E-state index in [-0.39, 0.29) is 0 Å². The van der Waals surface area contributed by atoms with Crippen LogP contribution in [0.25, 0.3) is 0 Å². The molecule has 0 fully saturated rings. The normalized spacial score (nSPS) is 8.90. The number of carbonyl (C=O) groups excluding carboxylic acids is 1. The summed E-state index contributed by atoms with van der Waals surface area (Å²) in [6, 6.07) is 0. The highest BCUT2D eigenvalue weighted by molar-refractivity contribution is 5.45. The van der Waals surface area contributed by atoms with Crippen molar-refractivity contribution in [2.75, 3.05) is 19.8 Å². The van der Waals surface area contributed by atoms with E-state index in [9.17, 15) is 4.79 Å². The lowest BCUT2D eigenvalue weighted by molar-refractivity contribution is -0.109. The van der Waals surface area contributed by atoms with Gasteiger partial charge in [0.25, 0.3) is 0 Å². The lowest BCUT2D eigenvalue weighted by atomic mass is 10.4. The van der Waals surface area contributed by atoms with E-state index < -0.39 is 0 Å². The van der Waals surface area contributed by atoms with Gasteiger partial charge in [0.15, 0.2) is 0 Å². The molecular formula is C7H13NO2. The predicted octanol–water partition coefficient (Wildman–Crippen LogP) is 0.325. The van der Waals surface area contributed by atoms with Gasteiger partial charge in [0, 0.05) is 6.54 Å². The standard InChI is InChI=1S/C7H13NO2/c1-7(2)5-10-4-3-8-6-9/h6H,1,3-5H2,2H3,(H,8,9). The van der Waals surface area contributed by atoms with E-state index in [0.717, 1.165) is 5.57 Å². The quantitative estimate of drug-likeness (QED) is 0.330. The van der Waals surface area contributed by atoms with E-state index in [0.29, 0.717) is 26.2 Å². The second-order valence-corrected chi connectivity index (χ2v) is 2.08. The van der Waals surface area contributed by atoms with Gasteiger partial charge in [-0.05, 0) is 6.92 Å². The summed E-state index contributed by atoms with van der Waals surface area (Å²) in [7, 11) is 0. The molecule has 0 aromatic carbocycles. The molecule has 1 amide bonds. The highest BCUT2D eigenvalue weighted by atomic mass is 16.5. The molecule has 0 radical (unpaired) electrons. The Morgan fingerprint density at radius 2 is 2.50 bits per heavy atom. The van der Waals surface area contributed by atoms with Crippen molar-refractivity contribution >= 4 is 6.41 Å². The number of nitrogens with one attached hydrogen (secondary N) is 1. The number of carbonyl (C=O) groups is 1. The number of ether oxygens (including phenoxy) is 1. The number of hydrogen-bond donors (Lipinski definition) is 1. The molecule has 3 nitrogen and oxygen atoms in total. The Hall–Kier alpha value is -0.830. The summed E-state index contributed by atoms with van der Waals surface area (Å²) < 4.78 is 5.08. The molecule has 0 aromatic rings. The molecular weight excluding hydrogens is 130 g/mol. The van der Waals surface area contributed by atoms with Gasteiger partial charge in [-0.3, -0.25) is 4.79 Å². The zero-order chi connectivity index (χ0) is 7.82. The van der Waals surface area contributed by atoms with Crippen molar-refractivity contribution in [3.8, 4) is 0 Å². The van der Waals surface area contributed by atoms with E-state index in [1.54, 1.807) is 0 Å². The first-order valence-corrected chi connectivity index (χ1v) is 3.16. The Morgan fingerprint density at radius 1 is 1.80 bits per heavy atom. The fourth-order valence-corrected chi connectivity index (χ4v) is 0.436. The smallest absolute Gasteiger partial charge is 0.207 e. The van der Waals surface area contributed by atoms with Gasteiger partial charge in [0.2, 0.25) is 6.41 Å². The summed E-state index contributed by atoms with van der Waals surface area (Å²) >= 11 is 0. The van der Waals surface area contributed by atoms with Gasteiger partial charge < -0.3 is 10.1 Å². The lowest BCUT2D eigenvalue weighted by Gasteiger charge is -2.01. The second-order valence-electron chi connectivity index (χ2n) is 2.08. The molecule has 0 aliphatic heterocycles. The molecule has 0 spiro atoms. The van der Waals surface area contributed by atoms with Crippen molar-refractivity contribution in [1.29, 1.82) is 0 Å². The fraction of sp³-hybridized carbons (Fsp3) is 0.571. The summed E-state index contributed by atoms with van der Waals surface area (Å²) in [4.78, 5) is 9.72. The van der Waals surface area contributed by atoms with Crippen molar-refractivity contribution in [1.82, 2.24) is 5.32 Å². The predicted molar refractivity (Wildman–Crippen MR) is 39.7 cm³/mol. The maximum atomic E-state index is 9.72. The van der Waals surface area contributed by atoms with Crippen LogP contribution in [0.15, 0.2) is 12.2 Å². The van der Waals surface area contributed by atoms with Crippen molar-refractivity contribution < 1.29 is 9.53 Å². The number of hydrogen-bond acceptors (Lipinski definition) is 2. The second kappa shape index (κ2) is 6.29. The molecule has 0 rings (SSSR count). The molecule has 0 atom stereocenters. The minimum atomic E-state index is 0.547. The Morgan fingerprint density at radius 3 is 3.00 bits per heavy atom. The molecule has 0 aliphatic rings. The van der Waals surface area contributed by atoms with Crippen LogP contribution in [0.2, 0.25) is 0 Å². The van der Waals surface area contributed by atoms with Gasteiger partial charge in [0.05, 0.1) is 13.2 Å². The Labute approximate surface area is 61.1 Å². The van der Waals surface area contributed by atoms with Crippen molar-refractivity contribution in [3.05, 3.63) is 12.2 Å². The van der Waals surface area contributed by atoms with Gasteiger partial charge in [0.1, 0.15) is 0 Å². The number of amides is 1. The monoisotopic (exact) mass is 143 g/mol. The maximum Gasteiger partial charge on any atom is 0.207 e. The molecule has 0 aromatic heterocycles. The van der Waals surface area contributed by atoms with Crippen LogP contribution in [0, 0.1) is 0 Å². The molecule has 58 valence electrons. The maximum absolute atomic E-state index is 9.72. The zero-order valence-electron chi connectivity index (χ0n) is 6.22. The Kier molecular flexibility index (Phi) is 5.77. The van der Waals surface area contributed by atoms with Crippen LogP contribution in [0.1, 0.15) is 6.92 Å². The fourth-order valence-electron chi connectivity index (χ4n) is 0.436. The van der Waals surface area contributed by atoms with Crippen LogP contribution < -0.4 is 5.32 Å². The minimum Gasteiger partial charge on any atom is -0.375 e. The van der Waals surface area contributed by atoms with Crippen molar-refractivity contribution in [2.45, 2.75) is 6.92 Å². The lowest BCUT2D eigenvalue weighted by Crippen LogP contribution is -2.17. The first-order chi connectivity index (χ1) is 4.77. The third-order valence-electron chi connectivity index (χ3n) is 0.823. The molecule has 0 saturated carbocycles. The Balaban J connectivity index is 2.90. The summed E-state index contributed by atoms with van der Waals surface area (Å²) in [5.74, 6) is 0. The average molecular weight is 143 g/mol. The highest BCUT2D eigenvalue weighted by Gasteiger charge is 1.86. The highest BCUT2D eigenvalue weighted by Crippen LogP contribution is 1.85. The first kappa shape index (κ1) is 9.17. The van der Waals surface area contributed by atoms with Crippen LogP contribution in [0.3, 0.4) is 0 Å². The first-order valence-electron chi connectivity index (χ1n) is 3.16. The largest absolute Gasteiger partial charge is 0.375 e. The summed E-state index contributed by atoms with van der Waals surface area (Å²) in [5.41, 5.74) is 0.992. The SMILES string of the molecule is C=C(C)COCCNC=O. The van der Waals surface area contributed by atoms with Gasteiger partial charge >= 0.3 is 0 Å². The van der Waals surface area contributed by atoms with Crippen molar-refractivity contribution in [3.63, 3.8) is 0 Å². The summed E-state index contributed by atoms with van der Waals surface area (Å²) in [5, 5.41) is 2.49. The molecule has 1 N–H and O–H groups in total. The van der Waals surface area contributed by atoms with E-state index in [4.69, 9.17) is 4.74 Å². The van der Waals surface area contributed by atoms with Crippen LogP contribution in [0.5, 0.6) is 0 Å². The van der Waals surface area contributed by atoms with E-state index in [1.807, 2.05) is 6.92 Å². The van der Waals surface area contributed by atoms with Crippen LogP contribution in [0.4, 0.5) is 0 Å². The Bertz CT molecular complexity index is 112. The molecule has 0 bridgehead atoms. The molecule has 0 heterocycles. The van der Waals surface area contributed by atoms with Crippen molar-refractivity contribution in [2.24, 2.45) is 0 Å². The van der Waals surface area contributed by atoms with Crippen LogP contribution in [-0.4, -0.2) is 26.2 Å². The average Bonchev–Trinajstić information content (AvgIpc) is 1.87. The molecule has 0 aliphatic carbocycles. The van der Waals surface area contributed by atoms with E-state index >= 15 is 0 Å². The number of rotatable bonds is 6. The van der Waals surface area contributed by atoms with E-state index in [2.05, 4.69) is 11.9 Å². The summed E-state index contributed by atoms with van der Waals surface area (Å²) in [6.45, 7) is 7.24. The van der Waals surface area contributed by atoms with Gasteiger partial charge in [-0.25, -0.2) is 0 Å². The van der Waals surface area contributed by atoms with Crippen LogP contribution in [-0.2, 0) is 9.53 Å². The van der Waals surface area contributed by atoms with E-state index in [1.165, 1.54) is 0 Å². The van der Waals surface area contributed by atoms with Gasteiger partial charge in [-0.2, -0.15) is 0 Å². The molecule has 10 heavy (non-hydrogen) atoms. The zero-order valence-corrected chi connectivity index (χ0v) is 6.22. The topological polar surface area (TPSA) is 38.3 Å². The molecule has 0 saturated heterocycles. The molecule has 0 unspecified atom stereocenters. The van der Waals surface area contributed by atoms with Gasteiger partial charge in [-0.15, -0.1) is 0 Å². The third kappa shape index (κ3) is 7.17. The minimum absolute atomic E-state index is 0.547. The summed E-state index contributed by atoms with van der Waals surface area (Å²) in [6.07, 6.45) is 0.657.